The number of rotatable bonds is 3. The summed E-state index contributed by atoms with van der Waals surface area (Å²) < 4.78 is 0.881. The molecule has 0 unspecified atom stereocenters. The van der Waals surface area contributed by atoms with Gasteiger partial charge in [-0.3, -0.25) is 9.59 Å². The minimum absolute atomic E-state index is 0.0128. The molecule has 0 aliphatic carbocycles. The van der Waals surface area contributed by atoms with E-state index in [0.717, 1.165) is 29.5 Å². The summed E-state index contributed by atoms with van der Waals surface area (Å²) in [5, 5.41) is 2.88. The topological polar surface area (TPSA) is 49.4 Å². The second kappa shape index (κ2) is 7.12. The molecule has 3 rings (SSSR count). The Kier molecular flexibility index (Phi) is 4.95. The van der Waals surface area contributed by atoms with Crippen molar-refractivity contribution in [2.75, 3.05) is 18.4 Å². The lowest BCUT2D eigenvalue weighted by molar-refractivity contribution is 0.0794. The van der Waals surface area contributed by atoms with Crippen LogP contribution in [0.2, 0.25) is 0 Å². The molecule has 23 heavy (non-hydrogen) atoms. The third-order valence-corrected chi connectivity index (χ3v) is 4.86. The second-order valence-electron chi connectivity index (χ2n) is 5.48. The van der Waals surface area contributed by atoms with Crippen LogP contribution in [0.15, 0.2) is 48.5 Å². The molecule has 1 heterocycles. The maximum Gasteiger partial charge on any atom is 0.256 e. The summed E-state index contributed by atoms with van der Waals surface area (Å²) in [4.78, 5) is 27.0. The van der Waals surface area contributed by atoms with Crippen molar-refractivity contribution >= 4 is 40.1 Å². The van der Waals surface area contributed by atoms with Gasteiger partial charge in [0, 0.05) is 16.7 Å². The summed E-state index contributed by atoms with van der Waals surface area (Å²) in [6, 6.07) is 14.6. The van der Waals surface area contributed by atoms with E-state index in [4.69, 9.17) is 0 Å². The first-order valence-corrected chi connectivity index (χ1v) is 8.69. The molecule has 2 aromatic carbocycles. The van der Waals surface area contributed by atoms with Gasteiger partial charge in [-0.1, -0.05) is 24.3 Å². The molecule has 0 aromatic heterocycles. The van der Waals surface area contributed by atoms with Gasteiger partial charge in [-0.15, -0.1) is 0 Å². The number of halogens is 1. The quantitative estimate of drug-likeness (QED) is 0.769. The van der Waals surface area contributed by atoms with Gasteiger partial charge in [-0.05, 0) is 59.7 Å². The zero-order valence-corrected chi connectivity index (χ0v) is 14.7. The zero-order chi connectivity index (χ0) is 16.2. The van der Waals surface area contributed by atoms with Gasteiger partial charge in [0.25, 0.3) is 11.8 Å². The molecule has 1 aliphatic rings. The molecular formula is C18H17IN2O2. The standard InChI is InChI=1S/C18H17IN2O2/c19-15-9-3-1-7-13(15)17(22)20-16-10-4-2-8-14(16)18(23)21-11-5-6-12-21/h1-4,7-10H,5-6,11-12H2,(H,20,22). The van der Waals surface area contributed by atoms with Gasteiger partial charge in [0.15, 0.2) is 0 Å². The molecule has 0 bridgehead atoms. The Hall–Kier alpha value is -1.89. The number of para-hydroxylation sites is 1. The molecule has 4 nitrogen and oxygen atoms in total. The third-order valence-electron chi connectivity index (χ3n) is 3.92. The summed E-state index contributed by atoms with van der Waals surface area (Å²) in [7, 11) is 0. The van der Waals surface area contributed by atoms with Crippen LogP contribution in [-0.2, 0) is 0 Å². The molecule has 1 fully saturated rings. The molecule has 0 radical (unpaired) electrons. The summed E-state index contributed by atoms with van der Waals surface area (Å²) >= 11 is 2.14. The molecule has 5 heteroatoms. The minimum Gasteiger partial charge on any atom is -0.339 e. The predicted molar refractivity (Wildman–Crippen MR) is 98.7 cm³/mol. The Bertz CT molecular complexity index is 739. The fourth-order valence-corrected chi connectivity index (χ4v) is 3.34. The fraction of sp³-hybridized carbons (Fsp3) is 0.222. The van der Waals surface area contributed by atoms with Gasteiger partial charge >= 0.3 is 0 Å². The summed E-state index contributed by atoms with van der Waals surface area (Å²) in [6.45, 7) is 1.58. The van der Waals surface area contributed by atoms with Crippen LogP contribution in [0.25, 0.3) is 0 Å². The predicted octanol–water partition coefficient (Wildman–Crippen LogP) is 3.78. The highest BCUT2D eigenvalue weighted by molar-refractivity contribution is 14.1. The number of hydrogen-bond donors (Lipinski definition) is 1. The average Bonchev–Trinajstić information content (AvgIpc) is 3.09. The lowest BCUT2D eigenvalue weighted by atomic mass is 10.1. The second-order valence-corrected chi connectivity index (χ2v) is 6.64. The zero-order valence-electron chi connectivity index (χ0n) is 12.6. The number of nitrogens with zero attached hydrogens (tertiary/aromatic N) is 1. The van der Waals surface area contributed by atoms with Crippen LogP contribution in [0.4, 0.5) is 5.69 Å². The molecule has 2 aromatic rings. The number of hydrogen-bond acceptors (Lipinski definition) is 2. The van der Waals surface area contributed by atoms with Crippen molar-refractivity contribution in [2.45, 2.75) is 12.8 Å². The van der Waals surface area contributed by atoms with Crippen LogP contribution in [0, 0.1) is 3.57 Å². The summed E-state index contributed by atoms with van der Waals surface area (Å²) in [5.74, 6) is -0.210. The number of carbonyl (C=O) groups is 2. The molecule has 0 spiro atoms. The highest BCUT2D eigenvalue weighted by Gasteiger charge is 2.22. The van der Waals surface area contributed by atoms with E-state index in [1.165, 1.54) is 0 Å². The Morgan fingerprint density at radius 3 is 2.22 bits per heavy atom. The average molecular weight is 420 g/mol. The van der Waals surface area contributed by atoms with Crippen molar-refractivity contribution in [3.05, 3.63) is 63.2 Å². The molecule has 1 saturated heterocycles. The number of carbonyl (C=O) groups excluding carboxylic acids is 2. The normalized spacial score (nSPS) is 13.9. The Morgan fingerprint density at radius 2 is 1.52 bits per heavy atom. The smallest absolute Gasteiger partial charge is 0.256 e. The number of anilines is 1. The lowest BCUT2D eigenvalue weighted by Crippen LogP contribution is -2.28. The number of nitrogens with one attached hydrogen (secondary N) is 1. The van der Waals surface area contributed by atoms with E-state index >= 15 is 0 Å². The minimum atomic E-state index is -0.198. The van der Waals surface area contributed by atoms with E-state index in [1.54, 1.807) is 18.2 Å². The van der Waals surface area contributed by atoms with Crippen molar-refractivity contribution in [1.29, 1.82) is 0 Å². The van der Waals surface area contributed by atoms with E-state index in [1.807, 2.05) is 35.2 Å². The van der Waals surface area contributed by atoms with Crippen LogP contribution in [-0.4, -0.2) is 29.8 Å². The van der Waals surface area contributed by atoms with Crippen LogP contribution in [0.3, 0.4) is 0 Å². The van der Waals surface area contributed by atoms with Crippen molar-refractivity contribution in [3.63, 3.8) is 0 Å². The van der Waals surface area contributed by atoms with E-state index in [-0.39, 0.29) is 11.8 Å². The van der Waals surface area contributed by atoms with Gasteiger partial charge in [0.1, 0.15) is 0 Å². The molecule has 118 valence electrons. The van der Waals surface area contributed by atoms with Crippen LogP contribution in [0.1, 0.15) is 33.6 Å². The Morgan fingerprint density at radius 1 is 0.913 bits per heavy atom. The molecule has 0 atom stereocenters. The van der Waals surface area contributed by atoms with Crippen molar-refractivity contribution in [3.8, 4) is 0 Å². The Labute approximate surface area is 149 Å². The van der Waals surface area contributed by atoms with E-state index < -0.39 is 0 Å². The largest absolute Gasteiger partial charge is 0.339 e. The fourth-order valence-electron chi connectivity index (χ4n) is 2.70. The van der Waals surface area contributed by atoms with Gasteiger partial charge in [-0.25, -0.2) is 0 Å². The van der Waals surface area contributed by atoms with Gasteiger partial charge in [0.05, 0.1) is 16.8 Å². The first kappa shape index (κ1) is 16.0. The number of likely N-dealkylation sites (tertiary alicyclic amines) is 1. The van der Waals surface area contributed by atoms with Gasteiger partial charge in [-0.2, -0.15) is 0 Å². The van der Waals surface area contributed by atoms with E-state index in [2.05, 4.69) is 27.9 Å². The van der Waals surface area contributed by atoms with Gasteiger partial charge < -0.3 is 10.2 Å². The third kappa shape index (κ3) is 3.55. The number of benzene rings is 2. The molecule has 2 amide bonds. The van der Waals surface area contributed by atoms with E-state index in [0.29, 0.717) is 16.8 Å². The van der Waals surface area contributed by atoms with Crippen molar-refractivity contribution < 1.29 is 9.59 Å². The summed E-state index contributed by atoms with van der Waals surface area (Å²) in [5.41, 5.74) is 1.72. The molecule has 1 N–H and O–H groups in total. The first-order chi connectivity index (χ1) is 11.2. The number of amides is 2. The maximum atomic E-state index is 12.6. The van der Waals surface area contributed by atoms with E-state index in [9.17, 15) is 9.59 Å². The van der Waals surface area contributed by atoms with Crippen molar-refractivity contribution in [1.82, 2.24) is 4.90 Å². The SMILES string of the molecule is O=C(Nc1ccccc1C(=O)N1CCCC1)c1ccccc1I. The Balaban J connectivity index is 1.84. The molecule has 0 saturated carbocycles. The molecular weight excluding hydrogens is 403 g/mol. The van der Waals surface area contributed by atoms with Crippen LogP contribution >= 0.6 is 22.6 Å². The first-order valence-electron chi connectivity index (χ1n) is 7.61. The van der Waals surface area contributed by atoms with Gasteiger partial charge in [0.2, 0.25) is 0 Å². The maximum absolute atomic E-state index is 12.6. The highest BCUT2D eigenvalue weighted by Crippen LogP contribution is 2.21. The monoisotopic (exact) mass is 420 g/mol. The molecule has 1 aliphatic heterocycles. The summed E-state index contributed by atoms with van der Waals surface area (Å²) in [6.07, 6.45) is 2.09. The lowest BCUT2D eigenvalue weighted by Gasteiger charge is -2.18. The highest BCUT2D eigenvalue weighted by atomic mass is 127. The van der Waals surface area contributed by atoms with Crippen LogP contribution < -0.4 is 5.32 Å². The van der Waals surface area contributed by atoms with Crippen LogP contribution in [0.5, 0.6) is 0 Å². The van der Waals surface area contributed by atoms with Crippen molar-refractivity contribution in [2.24, 2.45) is 0 Å².